The second kappa shape index (κ2) is 2.53. The lowest BCUT2D eigenvalue weighted by molar-refractivity contribution is 0.0399. The summed E-state index contributed by atoms with van der Waals surface area (Å²) in [5, 5.41) is 9.40. The average Bonchev–Trinajstić information content (AvgIpc) is 1.62. The van der Waals surface area contributed by atoms with Crippen LogP contribution in [0.5, 0.6) is 0 Å². The van der Waals surface area contributed by atoms with Crippen LogP contribution >= 0.6 is 0 Å². The summed E-state index contributed by atoms with van der Waals surface area (Å²) in [5.74, 6) is 0.178. The summed E-state index contributed by atoms with van der Waals surface area (Å²) in [6.45, 7) is 11.3. The van der Waals surface area contributed by atoms with Gasteiger partial charge in [0.15, 0.2) is 0 Å². The Hall–Kier alpha value is -0.300. The van der Waals surface area contributed by atoms with E-state index < -0.39 is 5.60 Å². The van der Waals surface area contributed by atoms with Crippen LogP contribution in [0.3, 0.4) is 0 Å². The van der Waals surface area contributed by atoms with Crippen molar-refractivity contribution in [3.63, 3.8) is 0 Å². The summed E-state index contributed by atoms with van der Waals surface area (Å²) in [7, 11) is 0. The normalized spacial score (nSPS) is 15.2. The fourth-order valence-corrected chi connectivity index (χ4v) is 0.603. The van der Waals surface area contributed by atoms with Crippen LogP contribution in [0.15, 0.2) is 12.2 Å². The molecule has 0 amide bonds. The SMILES string of the molecule is C=C(C)C(C)C(C)(C)O. The predicted octanol–water partition coefficient (Wildman–Crippen LogP) is 1.97. The highest BCUT2D eigenvalue weighted by atomic mass is 16.3. The zero-order chi connectivity index (χ0) is 7.65. The van der Waals surface area contributed by atoms with Gasteiger partial charge in [-0.1, -0.05) is 19.1 Å². The molecule has 0 rings (SSSR count). The smallest absolute Gasteiger partial charge is 0.0653 e. The van der Waals surface area contributed by atoms with Gasteiger partial charge in [-0.25, -0.2) is 0 Å². The molecule has 9 heavy (non-hydrogen) atoms. The van der Waals surface area contributed by atoms with Crippen molar-refractivity contribution in [2.24, 2.45) is 5.92 Å². The van der Waals surface area contributed by atoms with Crippen molar-refractivity contribution in [1.29, 1.82) is 0 Å². The molecule has 0 aliphatic carbocycles. The first-order valence-electron chi connectivity index (χ1n) is 3.23. The molecule has 1 unspecified atom stereocenters. The number of hydrogen-bond acceptors (Lipinski definition) is 1. The molecule has 0 heterocycles. The first-order valence-corrected chi connectivity index (χ1v) is 3.23. The first-order chi connectivity index (χ1) is 3.85. The summed E-state index contributed by atoms with van der Waals surface area (Å²) >= 11 is 0. The molecule has 0 aromatic heterocycles. The summed E-state index contributed by atoms with van der Waals surface area (Å²) < 4.78 is 0. The Labute approximate surface area is 57.4 Å². The first kappa shape index (κ1) is 8.70. The van der Waals surface area contributed by atoms with E-state index >= 15 is 0 Å². The van der Waals surface area contributed by atoms with E-state index in [9.17, 15) is 5.11 Å². The van der Waals surface area contributed by atoms with Crippen molar-refractivity contribution in [3.8, 4) is 0 Å². The summed E-state index contributed by atoms with van der Waals surface area (Å²) in [6.07, 6.45) is 0. The van der Waals surface area contributed by atoms with Crippen molar-refractivity contribution in [2.45, 2.75) is 33.3 Å². The fraction of sp³-hybridized carbons (Fsp3) is 0.750. The van der Waals surface area contributed by atoms with Crippen molar-refractivity contribution in [2.75, 3.05) is 0 Å². The maximum Gasteiger partial charge on any atom is 0.0653 e. The van der Waals surface area contributed by atoms with E-state index in [0.29, 0.717) is 0 Å². The Morgan fingerprint density at radius 2 is 1.89 bits per heavy atom. The van der Waals surface area contributed by atoms with Crippen LogP contribution in [0.1, 0.15) is 27.7 Å². The fourth-order valence-electron chi connectivity index (χ4n) is 0.603. The lowest BCUT2D eigenvalue weighted by Crippen LogP contribution is -2.28. The van der Waals surface area contributed by atoms with Crippen LogP contribution in [0.4, 0.5) is 0 Å². The number of rotatable bonds is 2. The Bertz CT molecular complexity index is 108. The van der Waals surface area contributed by atoms with Crippen LogP contribution in [0.25, 0.3) is 0 Å². The van der Waals surface area contributed by atoms with Crippen LogP contribution < -0.4 is 0 Å². The molecule has 0 aromatic rings. The molecule has 0 saturated carbocycles. The van der Waals surface area contributed by atoms with E-state index in [1.165, 1.54) is 0 Å². The minimum absolute atomic E-state index is 0.178. The van der Waals surface area contributed by atoms with Crippen LogP contribution in [-0.2, 0) is 0 Å². The molecule has 1 N–H and O–H groups in total. The van der Waals surface area contributed by atoms with Crippen molar-refractivity contribution < 1.29 is 5.11 Å². The van der Waals surface area contributed by atoms with Crippen LogP contribution in [0, 0.1) is 5.92 Å². The van der Waals surface area contributed by atoms with Crippen molar-refractivity contribution in [1.82, 2.24) is 0 Å². The summed E-state index contributed by atoms with van der Waals surface area (Å²) in [6, 6.07) is 0. The highest BCUT2D eigenvalue weighted by molar-refractivity contribution is 5.00. The van der Waals surface area contributed by atoms with Gasteiger partial charge in [0.2, 0.25) is 0 Å². The van der Waals surface area contributed by atoms with Gasteiger partial charge in [0.1, 0.15) is 0 Å². The van der Waals surface area contributed by atoms with E-state index in [2.05, 4.69) is 6.58 Å². The van der Waals surface area contributed by atoms with Gasteiger partial charge in [0.05, 0.1) is 5.60 Å². The highest BCUT2D eigenvalue weighted by Crippen LogP contribution is 2.21. The number of hydrogen-bond donors (Lipinski definition) is 1. The predicted molar refractivity (Wildman–Crippen MR) is 40.3 cm³/mol. The Balaban J connectivity index is 4.04. The van der Waals surface area contributed by atoms with Crippen molar-refractivity contribution in [3.05, 3.63) is 12.2 Å². The van der Waals surface area contributed by atoms with E-state index in [1.54, 1.807) is 13.8 Å². The molecule has 1 heteroatoms. The van der Waals surface area contributed by atoms with Crippen LogP contribution in [-0.4, -0.2) is 10.7 Å². The van der Waals surface area contributed by atoms with E-state index in [1.807, 2.05) is 13.8 Å². The van der Waals surface area contributed by atoms with Gasteiger partial charge in [0.25, 0.3) is 0 Å². The van der Waals surface area contributed by atoms with Crippen molar-refractivity contribution >= 4 is 0 Å². The summed E-state index contributed by atoms with van der Waals surface area (Å²) in [4.78, 5) is 0. The molecular weight excluding hydrogens is 112 g/mol. The third-order valence-corrected chi connectivity index (χ3v) is 1.80. The molecular formula is C8H16O. The largest absolute Gasteiger partial charge is 0.390 e. The monoisotopic (exact) mass is 128 g/mol. The molecule has 0 radical (unpaired) electrons. The maximum atomic E-state index is 9.40. The standard InChI is InChI=1S/C8H16O/c1-6(2)7(3)8(4,5)9/h7,9H,1H2,2-5H3. The zero-order valence-electron chi connectivity index (χ0n) is 6.73. The Morgan fingerprint density at radius 3 is 1.89 bits per heavy atom. The average molecular weight is 128 g/mol. The van der Waals surface area contributed by atoms with E-state index in [0.717, 1.165) is 5.57 Å². The Kier molecular flexibility index (Phi) is 2.44. The third-order valence-electron chi connectivity index (χ3n) is 1.80. The molecule has 0 fully saturated rings. The van der Waals surface area contributed by atoms with E-state index in [-0.39, 0.29) is 5.92 Å². The van der Waals surface area contributed by atoms with Gasteiger partial charge < -0.3 is 5.11 Å². The molecule has 0 bridgehead atoms. The topological polar surface area (TPSA) is 20.2 Å². The quantitative estimate of drug-likeness (QED) is 0.564. The van der Waals surface area contributed by atoms with Gasteiger partial charge in [0, 0.05) is 5.92 Å². The second-order valence-electron chi connectivity index (χ2n) is 3.22. The van der Waals surface area contributed by atoms with Gasteiger partial charge in [-0.15, -0.1) is 0 Å². The molecule has 0 aliphatic rings. The second-order valence-corrected chi connectivity index (χ2v) is 3.22. The Morgan fingerprint density at radius 1 is 1.56 bits per heavy atom. The lowest BCUT2D eigenvalue weighted by atomic mass is 9.88. The molecule has 0 saturated heterocycles. The third kappa shape index (κ3) is 2.66. The van der Waals surface area contributed by atoms with Crippen LogP contribution in [0.2, 0.25) is 0 Å². The molecule has 0 aliphatic heterocycles. The minimum Gasteiger partial charge on any atom is -0.390 e. The molecule has 1 nitrogen and oxygen atoms in total. The van der Waals surface area contributed by atoms with Gasteiger partial charge in [-0.3, -0.25) is 0 Å². The molecule has 0 aromatic carbocycles. The maximum absolute atomic E-state index is 9.40. The molecule has 1 atom stereocenters. The highest BCUT2D eigenvalue weighted by Gasteiger charge is 2.21. The molecule has 54 valence electrons. The zero-order valence-corrected chi connectivity index (χ0v) is 6.73. The molecule has 0 spiro atoms. The minimum atomic E-state index is -0.619. The van der Waals surface area contributed by atoms with E-state index in [4.69, 9.17) is 0 Å². The van der Waals surface area contributed by atoms with Gasteiger partial charge in [-0.2, -0.15) is 0 Å². The van der Waals surface area contributed by atoms with Gasteiger partial charge in [-0.05, 0) is 20.8 Å². The van der Waals surface area contributed by atoms with Gasteiger partial charge >= 0.3 is 0 Å². The summed E-state index contributed by atoms with van der Waals surface area (Å²) in [5.41, 5.74) is 0.411. The number of aliphatic hydroxyl groups is 1. The lowest BCUT2D eigenvalue weighted by Gasteiger charge is -2.25.